The lowest BCUT2D eigenvalue weighted by Gasteiger charge is -2.22. The molecule has 0 saturated heterocycles. The highest BCUT2D eigenvalue weighted by molar-refractivity contribution is 7.67. The molecule has 0 aromatic heterocycles. The second-order valence-corrected chi connectivity index (χ2v) is 8.37. The fraction of sp³-hybridized carbons (Fsp3) is 0.600. The summed E-state index contributed by atoms with van der Waals surface area (Å²) in [6.07, 6.45) is 1.68. The van der Waals surface area contributed by atoms with Crippen LogP contribution < -0.4 is 5.30 Å². The predicted octanol–water partition coefficient (Wildman–Crippen LogP) is 3.18. The molecule has 1 aromatic rings. The molecular formula is C15H23O3P. The molecule has 106 valence electrons. The van der Waals surface area contributed by atoms with E-state index < -0.39 is 13.0 Å². The van der Waals surface area contributed by atoms with Gasteiger partial charge in [0.25, 0.3) is 0 Å². The van der Waals surface area contributed by atoms with Gasteiger partial charge in [-0.3, -0.25) is 4.57 Å². The van der Waals surface area contributed by atoms with Gasteiger partial charge in [0.15, 0.2) is 0 Å². The first-order chi connectivity index (χ1) is 8.86. The summed E-state index contributed by atoms with van der Waals surface area (Å²) < 4.78 is 18.8. The zero-order chi connectivity index (χ0) is 14.1. The van der Waals surface area contributed by atoms with Crippen molar-refractivity contribution >= 4 is 12.7 Å². The van der Waals surface area contributed by atoms with E-state index in [4.69, 9.17) is 4.52 Å². The van der Waals surface area contributed by atoms with Crippen LogP contribution in [0.2, 0.25) is 0 Å². The average molecular weight is 282 g/mol. The Morgan fingerprint density at radius 3 is 2.47 bits per heavy atom. The standard InChI is InChI=1S/C15H23O3P/c1-12(2)18-19(17,14-7-5-4-6-8-14)10-9-15(16)11-13(15)3/h4-8,12-13,16H,9-11H2,1-3H3/t13-,15-,19?/m1/s1. The fourth-order valence-corrected chi connectivity index (χ4v) is 4.87. The summed E-state index contributed by atoms with van der Waals surface area (Å²) in [6.45, 7) is 5.81. The van der Waals surface area contributed by atoms with E-state index in [0.29, 0.717) is 18.5 Å². The molecule has 3 nitrogen and oxygen atoms in total. The first-order valence-corrected chi connectivity index (χ1v) is 8.72. The maximum absolute atomic E-state index is 13.1. The van der Waals surface area contributed by atoms with Crippen molar-refractivity contribution in [3.05, 3.63) is 30.3 Å². The number of benzene rings is 1. The molecule has 1 aliphatic carbocycles. The van der Waals surface area contributed by atoms with Gasteiger partial charge < -0.3 is 9.63 Å². The summed E-state index contributed by atoms with van der Waals surface area (Å²) in [5, 5.41) is 10.9. The quantitative estimate of drug-likeness (QED) is 0.815. The zero-order valence-corrected chi connectivity index (χ0v) is 12.8. The highest BCUT2D eigenvalue weighted by Gasteiger charge is 2.50. The third-order valence-corrected chi connectivity index (χ3v) is 6.45. The van der Waals surface area contributed by atoms with Crippen molar-refractivity contribution in [2.45, 2.75) is 45.3 Å². The Kier molecular flexibility index (Phi) is 4.20. The Hall–Kier alpha value is -0.630. The Balaban J connectivity index is 2.13. The Bertz CT molecular complexity index is 472. The van der Waals surface area contributed by atoms with Gasteiger partial charge in [-0.1, -0.05) is 25.1 Å². The minimum atomic E-state index is -2.87. The van der Waals surface area contributed by atoms with Crippen LogP contribution in [0, 0.1) is 5.92 Å². The molecule has 0 spiro atoms. The summed E-state index contributed by atoms with van der Waals surface area (Å²) in [7, 11) is -2.87. The normalized spacial score (nSPS) is 29.2. The maximum atomic E-state index is 13.1. The molecule has 0 amide bonds. The van der Waals surface area contributed by atoms with Crippen molar-refractivity contribution in [2.75, 3.05) is 6.16 Å². The molecule has 3 atom stereocenters. The number of hydrogen-bond donors (Lipinski definition) is 1. The summed E-state index contributed by atoms with van der Waals surface area (Å²) >= 11 is 0. The van der Waals surface area contributed by atoms with E-state index in [1.165, 1.54) is 0 Å². The van der Waals surface area contributed by atoms with Gasteiger partial charge in [0.1, 0.15) is 0 Å². The summed E-state index contributed by atoms with van der Waals surface area (Å²) in [6, 6.07) is 9.35. The molecule has 1 saturated carbocycles. The van der Waals surface area contributed by atoms with Gasteiger partial charge in [-0.05, 0) is 44.7 Å². The Labute approximate surface area is 115 Å². The molecule has 2 rings (SSSR count). The molecule has 19 heavy (non-hydrogen) atoms. The van der Waals surface area contributed by atoms with Gasteiger partial charge in [0.2, 0.25) is 7.37 Å². The van der Waals surface area contributed by atoms with Crippen LogP contribution in [0.5, 0.6) is 0 Å². The lowest BCUT2D eigenvalue weighted by Crippen LogP contribution is -2.19. The van der Waals surface area contributed by atoms with Crippen LogP contribution in [-0.2, 0) is 9.09 Å². The highest BCUT2D eigenvalue weighted by Crippen LogP contribution is 2.53. The average Bonchev–Trinajstić information content (AvgIpc) is 2.96. The van der Waals surface area contributed by atoms with Gasteiger partial charge in [-0.15, -0.1) is 0 Å². The number of rotatable bonds is 6. The van der Waals surface area contributed by atoms with E-state index in [0.717, 1.165) is 11.7 Å². The van der Waals surface area contributed by atoms with Gasteiger partial charge in [-0.2, -0.15) is 0 Å². The molecule has 1 aliphatic rings. The molecule has 0 heterocycles. The van der Waals surface area contributed by atoms with Crippen molar-refractivity contribution in [3.63, 3.8) is 0 Å². The van der Waals surface area contributed by atoms with Gasteiger partial charge in [0.05, 0.1) is 11.7 Å². The van der Waals surface area contributed by atoms with Crippen molar-refractivity contribution in [3.8, 4) is 0 Å². The SMILES string of the molecule is CC(C)OP(=O)(CC[C@@]1(O)C[C@H]1C)c1ccccc1. The topological polar surface area (TPSA) is 46.5 Å². The number of aliphatic hydroxyl groups is 1. The van der Waals surface area contributed by atoms with Crippen molar-refractivity contribution < 1.29 is 14.2 Å². The summed E-state index contributed by atoms with van der Waals surface area (Å²) in [5.41, 5.74) is -0.620. The minimum Gasteiger partial charge on any atom is -0.390 e. The van der Waals surface area contributed by atoms with E-state index in [-0.39, 0.29) is 6.10 Å². The van der Waals surface area contributed by atoms with Crippen LogP contribution in [0.4, 0.5) is 0 Å². The maximum Gasteiger partial charge on any atom is 0.232 e. The van der Waals surface area contributed by atoms with Crippen molar-refractivity contribution in [1.82, 2.24) is 0 Å². The smallest absolute Gasteiger partial charge is 0.232 e. The molecule has 1 unspecified atom stereocenters. The van der Waals surface area contributed by atoms with E-state index in [1.807, 2.05) is 51.1 Å². The Morgan fingerprint density at radius 1 is 1.42 bits per heavy atom. The first kappa shape index (κ1) is 14.8. The molecule has 1 N–H and O–H groups in total. The summed E-state index contributed by atoms with van der Waals surface area (Å²) in [5.74, 6) is 0.316. The van der Waals surface area contributed by atoms with Crippen molar-refractivity contribution in [1.29, 1.82) is 0 Å². The van der Waals surface area contributed by atoms with E-state index in [2.05, 4.69) is 0 Å². The first-order valence-electron chi connectivity index (χ1n) is 6.91. The number of hydrogen-bond acceptors (Lipinski definition) is 3. The zero-order valence-electron chi connectivity index (χ0n) is 11.9. The fourth-order valence-electron chi connectivity index (χ4n) is 2.40. The second kappa shape index (κ2) is 5.40. The minimum absolute atomic E-state index is 0.0858. The lowest BCUT2D eigenvalue weighted by atomic mass is 10.2. The lowest BCUT2D eigenvalue weighted by molar-refractivity contribution is 0.129. The van der Waals surface area contributed by atoms with Gasteiger partial charge >= 0.3 is 0 Å². The van der Waals surface area contributed by atoms with Crippen LogP contribution in [0.15, 0.2) is 30.3 Å². The largest absolute Gasteiger partial charge is 0.390 e. The van der Waals surface area contributed by atoms with Crippen LogP contribution in [0.1, 0.15) is 33.6 Å². The Morgan fingerprint density at radius 2 is 2.00 bits per heavy atom. The van der Waals surface area contributed by atoms with E-state index >= 15 is 0 Å². The molecule has 0 radical (unpaired) electrons. The van der Waals surface area contributed by atoms with E-state index in [1.54, 1.807) is 0 Å². The molecular weight excluding hydrogens is 259 g/mol. The molecule has 0 aliphatic heterocycles. The van der Waals surface area contributed by atoms with Crippen molar-refractivity contribution in [2.24, 2.45) is 5.92 Å². The predicted molar refractivity (Wildman–Crippen MR) is 78.1 cm³/mol. The molecule has 0 bridgehead atoms. The second-order valence-electron chi connectivity index (χ2n) is 5.85. The van der Waals surface area contributed by atoms with E-state index in [9.17, 15) is 9.67 Å². The van der Waals surface area contributed by atoms with Gasteiger partial charge in [-0.25, -0.2) is 0 Å². The highest BCUT2D eigenvalue weighted by atomic mass is 31.2. The molecule has 1 aromatic carbocycles. The third kappa shape index (κ3) is 3.47. The van der Waals surface area contributed by atoms with Gasteiger partial charge in [0, 0.05) is 11.5 Å². The molecule has 4 heteroatoms. The van der Waals surface area contributed by atoms with Crippen LogP contribution in [0.3, 0.4) is 0 Å². The van der Waals surface area contributed by atoms with Crippen LogP contribution >= 0.6 is 7.37 Å². The summed E-state index contributed by atoms with van der Waals surface area (Å²) in [4.78, 5) is 0. The monoisotopic (exact) mass is 282 g/mol. The third-order valence-electron chi connectivity index (χ3n) is 3.79. The van der Waals surface area contributed by atoms with Crippen LogP contribution in [0.25, 0.3) is 0 Å². The molecule has 1 fully saturated rings. The van der Waals surface area contributed by atoms with Crippen LogP contribution in [-0.4, -0.2) is 23.0 Å².